The van der Waals surface area contributed by atoms with E-state index in [9.17, 15) is 13.2 Å². The predicted octanol–water partition coefficient (Wildman–Crippen LogP) is 3.52. The predicted molar refractivity (Wildman–Crippen MR) is 125 cm³/mol. The van der Waals surface area contributed by atoms with Crippen molar-refractivity contribution < 1.29 is 13.2 Å². The summed E-state index contributed by atoms with van der Waals surface area (Å²) in [4.78, 5) is 15.4. The summed E-state index contributed by atoms with van der Waals surface area (Å²) in [6.45, 7) is 7.02. The Labute approximate surface area is 189 Å². The summed E-state index contributed by atoms with van der Waals surface area (Å²) in [5, 5.41) is 4.28. The van der Waals surface area contributed by atoms with Gasteiger partial charge in [0, 0.05) is 18.8 Å². The van der Waals surface area contributed by atoms with Crippen LogP contribution in [0, 0.1) is 20.8 Å². The highest BCUT2D eigenvalue weighted by Crippen LogP contribution is 2.33. The second kappa shape index (κ2) is 8.09. The van der Waals surface area contributed by atoms with Gasteiger partial charge >= 0.3 is 0 Å². The minimum Gasteiger partial charge on any atom is -0.307 e. The second-order valence-corrected chi connectivity index (χ2v) is 10.2. The summed E-state index contributed by atoms with van der Waals surface area (Å²) in [7, 11) is -2.31. The zero-order valence-corrected chi connectivity index (χ0v) is 19.8. The van der Waals surface area contributed by atoms with E-state index in [2.05, 4.69) is 5.10 Å². The number of para-hydroxylation sites is 1. The van der Waals surface area contributed by atoms with E-state index in [0.717, 1.165) is 23.2 Å². The monoisotopic (exact) mass is 452 g/mol. The van der Waals surface area contributed by atoms with E-state index >= 15 is 0 Å². The highest BCUT2D eigenvalue weighted by Gasteiger charge is 2.36. The Balaban J connectivity index is 1.77. The van der Waals surface area contributed by atoms with Crippen molar-refractivity contribution in [2.45, 2.75) is 45.1 Å². The quantitative estimate of drug-likeness (QED) is 0.594. The van der Waals surface area contributed by atoms with Crippen LogP contribution in [-0.2, 0) is 28.3 Å². The van der Waals surface area contributed by atoms with Crippen LogP contribution < -0.4 is 9.21 Å². The smallest absolute Gasteiger partial charge is 0.268 e. The Hall–Kier alpha value is -3.13. The molecule has 0 spiro atoms. The Bertz CT molecular complexity index is 1280. The first-order valence-electron chi connectivity index (χ1n) is 10.6. The number of benzene rings is 2. The zero-order chi connectivity index (χ0) is 23.2. The van der Waals surface area contributed by atoms with Crippen molar-refractivity contribution in [2.24, 2.45) is 7.05 Å². The fourth-order valence-electron chi connectivity index (χ4n) is 4.41. The van der Waals surface area contributed by atoms with Crippen LogP contribution in [0.25, 0.3) is 0 Å². The van der Waals surface area contributed by atoms with E-state index in [4.69, 9.17) is 0 Å². The van der Waals surface area contributed by atoms with Crippen molar-refractivity contribution >= 4 is 27.3 Å². The summed E-state index contributed by atoms with van der Waals surface area (Å²) >= 11 is 0. The van der Waals surface area contributed by atoms with Crippen LogP contribution in [0.4, 0.5) is 11.4 Å². The fraction of sp³-hybridized carbons (Fsp3) is 0.333. The van der Waals surface area contributed by atoms with Crippen molar-refractivity contribution in [1.82, 2.24) is 9.78 Å². The maximum atomic E-state index is 13.9. The Morgan fingerprint density at radius 2 is 1.75 bits per heavy atom. The minimum absolute atomic E-state index is 0.0377. The molecule has 1 amide bonds. The average molecular weight is 453 g/mol. The van der Waals surface area contributed by atoms with Gasteiger partial charge in [-0.1, -0.05) is 35.9 Å². The third-order valence-electron chi connectivity index (χ3n) is 6.07. The van der Waals surface area contributed by atoms with Gasteiger partial charge in [0.15, 0.2) is 0 Å². The highest BCUT2D eigenvalue weighted by atomic mass is 32.2. The molecule has 8 heteroatoms. The molecule has 7 nitrogen and oxygen atoms in total. The standard InChI is InChI=1S/C24H28N4O3S/c1-16-10-12-21(13-11-16)27(32(30,31)24-18(3)25-26(5)19(24)4)15-23(29)28-17(2)14-20-8-6-7-9-22(20)28/h6-13,17H,14-15H2,1-5H3/t17-/m0/s1. The molecule has 0 saturated heterocycles. The largest absolute Gasteiger partial charge is 0.307 e. The first-order valence-corrected chi connectivity index (χ1v) is 12.0. The van der Waals surface area contributed by atoms with E-state index in [1.165, 1.54) is 4.31 Å². The van der Waals surface area contributed by atoms with Crippen molar-refractivity contribution in [2.75, 3.05) is 15.7 Å². The number of aromatic nitrogens is 2. The van der Waals surface area contributed by atoms with Gasteiger partial charge in [-0.3, -0.25) is 13.8 Å². The first-order chi connectivity index (χ1) is 15.1. The number of hydrogen-bond acceptors (Lipinski definition) is 4. The Morgan fingerprint density at radius 1 is 1.09 bits per heavy atom. The summed E-state index contributed by atoms with van der Waals surface area (Å²) in [5.74, 6) is -0.259. The lowest BCUT2D eigenvalue weighted by Gasteiger charge is -2.29. The lowest BCUT2D eigenvalue weighted by molar-refractivity contribution is -0.117. The van der Waals surface area contributed by atoms with Crippen molar-refractivity contribution in [3.63, 3.8) is 0 Å². The molecule has 0 aliphatic carbocycles. The molecule has 0 N–H and O–H groups in total. The van der Waals surface area contributed by atoms with Gasteiger partial charge < -0.3 is 4.90 Å². The number of rotatable bonds is 5. The van der Waals surface area contributed by atoms with Gasteiger partial charge in [0.05, 0.1) is 17.1 Å². The van der Waals surface area contributed by atoms with E-state index in [0.29, 0.717) is 17.1 Å². The van der Waals surface area contributed by atoms with Crippen LogP contribution in [0.2, 0.25) is 0 Å². The molecule has 168 valence electrons. The number of amides is 1. The number of sulfonamides is 1. The van der Waals surface area contributed by atoms with Gasteiger partial charge in [-0.15, -0.1) is 0 Å². The van der Waals surface area contributed by atoms with Crippen molar-refractivity contribution in [3.8, 4) is 0 Å². The van der Waals surface area contributed by atoms with Gasteiger partial charge in [0.2, 0.25) is 5.91 Å². The number of aryl methyl sites for hydroxylation is 3. The van der Waals surface area contributed by atoms with E-state index in [1.807, 2.05) is 50.2 Å². The van der Waals surface area contributed by atoms with E-state index < -0.39 is 10.0 Å². The normalized spacial score (nSPS) is 15.7. The van der Waals surface area contributed by atoms with Gasteiger partial charge in [0.25, 0.3) is 10.0 Å². The Kier molecular flexibility index (Phi) is 5.58. The number of carbonyl (C=O) groups excluding carboxylic acids is 1. The summed E-state index contributed by atoms with van der Waals surface area (Å²) in [6, 6.07) is 14.9. The molecule has 0 unspecified atom stereocenters. The molecular weight excluding hydrogens is 424 g/mol. The van der Waals surface area contributed by atoms with Crippen molar-refractivity contribution in [1.29, 1.82) is 0 Å². The molecule has 4 rings (SSSR count). The molecule has 2 heterocycles. The average Bonchev–Trinajstić information content (AvgIpc) is 3.21. The lowest BCUT2D eigenvalue weighted by atomic mass is 10.1. The summed E-state index contributed by atoms with van der Waals surface area (Å²) < 4.78 is 30.5. The molecule has 0 fully saturated rings. The number of carbonyl (C=O) groups is 1. The number of hydrogen-bond donors (Lipinski definition) is 0. The number of nitrogens with zero attached hydrogens (tertiary/aromatic N) is 4. The summed E-state index contributed by atoms with van der Waals surface area (Å²) in [6.07, 6.45) is 0.750. The van der Waals surface area contributed by atoms with Crippen LogP contribution in [0.3, 0.4) is 0 Å². The van der Waals surface area contributed by atoms with Crippen LogP contribution >= 0.6 is 0 Å². The van der Waals surface area contributed by atoms with Gasteiger partial charge in [0.1, 0.15) is 11.4 Å². The third-order valence-corrected chi connectivity index (χ3v) is 8.09. The molecule has 1 aliphatic rings. The molecule has 0 radical (unpaired) electrons. The molecule has 3 aromatic rings. The van der Waals surface area contributed by atoms with Gasteiger partial charge in [-0.05, 0) is 57.9 Å². The van der Waals surface area contributed by atoms with Crippen LogP contribution in [0.15, 0.2) is 53.4 Å². The molecule has 2 aromatic carbocycles. The number of fused-ring (bicyclic) bond motifs is 1. The van der Waals surface area contributed by atoms with Gasteiger partial charge in [-0.2, -0.15) is 5.10 Å². The van der Waals surface area contributed by atoms with Crippen molar-refractivity contribution in [3.05, 3.63) is 71.0 Å². The zero-order valence-electron chi connectivity index (χ0n) is 19.0. The molecular formula is C24H28N4O3S. The molecule has 0 bridgehead atoms. The SMILES string of the molecule is Cc1ccc(N(CC(=O)N2c3ccccc3C[C@@H]2C)S(=O)(=O)c2c(C)nn(C)c2C)cc1. The maximum absolute atomic E-state index is 13.9. The molecule has 0 saturated carbocycles. The highest BCUT2D eigenvalue weighted by molar-refractivity contribution is 7.93. The second-order valence-electron chi connectivity index (χ2n) is 8.42. The lowest BCUT2D eigenvalue weighted by Crippen LogP contribution is -2.45. The first kappa shape index (κ1) is 22.1. The molecule has 1 aromatic heterocycles. The minimum atomic E-state index is -4.02. The fourth-order valence-corrected chi connectivity index (χ4v) is 6.23. The number of anilines is 2. The van der Waals surface area contributed by atoms with E-state index in [-0.39, 0.29) is 23.4 Å². The van der Waals surface area contributed by atoms with Crippen LogP contribution in [0.5, 0.6) is 0 Å². The molecule has 1 atom stereocenters. The van der Waals surface area contributed by atoms with Gasteiger partial charge in [-0.25, -0.2) is 8.42 Å². The van der Waals surface area contributed by atoms with Crippen LogP contribution in [-0.4, -0.2) is 36.7 Å². The van der Waals surface area contributed by atoms with E-state index in [1.54, 1.807) is 42.6 Å². The maximum Gasteiger partial charge on any atom is 0.268 e. The Morgan fingerprint density at radius 3 is 2.38 bits per heavy atom. The molecule has 1 aliphatic heterocycles. The van der Waals surface area contributed by atoms with Crippen LogP contribution in [0.1, 0.15) is 29.4 Å². The summed E-state index contributed by atoms with van der Waals surface area (Å²) in [5.41, 5.74) is 4.35. The molecule has 32 heavy (non-hydrogen) atoms. The third kappa shape index (κ3) is 3.68. The topological polar surface area (TPSA) is 75.5 Å².